The monoisotopic (exact) mass is 204 g/mol. The second kappa shape index (κ2) is 4.64. The Bertz CT molecular complexity index is 435. The predicted octanol–water partition coefficient (Wildman–Crippen LogP) is 2.73. The summed E-state index contributed by atoms with van der Waals surface area (Å²) < 4.78 is 7.18. The Hall–Kier alpha value is -1.77. The third-order valence-corrected chi connectivity index (χ3v) is 2.09. The lowest BCUT2D eigenvalue weighted by atomic mass is 10.1. The topological polar surface area (TPSA) is 27.1 Å². The number of benzene rings is 1. The predicted molar refractivity (Wildman–Crippen MR) is 61.9 cm³/mol. The van der Waals surface area contributed by atoms with E-state index >= 15 is 0 Å². The summed E-state index contributed by atoms with van der Waals surface area (Å²) in [4.78, 5) is 4.28. The average Bonchev–Trinajstić information content (AvgIpc) is 2.65. The van der Waals surface area contributed by atoms with Crippen LogP contribution in [0.3, 0.4) is 0 Å². The van der Waals surface area contributed by atoms with Crippen molar-refractivity contribution in [3.63, 3.8) is 0 Å². The van der Waals surface area contributed by atoms with Crippen LogP contribution in [0.4, 0.5) is 0 Å². The van der Waals surface area contributed by atoms with Gasteiger partial charge >= 0.3 is 0 Å². The molecule has 0 aliphatic carbocycles. The number of nitrogens with zero attached hydrogens (tertiary/aromatic N) is 2. The summed E-state index contributed by atoms with van der Waals surface area (Å²) in [5, 5.41) is 0. The first-order chi connectivity index (χ1) is 6.81. The van der Waals surface area contributed by atoms with Gasteiger partial charge in [-0.3, -0.25) is 0 Å². The molecule has 0 saturated carbocycles. The maximum Gasteiger partial charge on any atom is 0.128 e. The summed E-state index contributed by atoms with van der Waals surface area (Å²) in [6.45, 7) is 0. The fraction of sp³-hybridized carbons (Fsp3) is 0.250. The van der Waals surface area contributed by atoms with E-state index in [4.69, 9.17) is 4.74 Å². The fourth-order valence-electron chi connectivity index (χ4n) is 1.41. The Labute approximate surface area is 90.3 Å². The molecule has 2 rings (SSSR count). The summed E-state index contributed by atoms with van der Waals surface area (Å²) >= 11 is 0. The number of aryl methyl sites for hydroxylation is 1. The van der Waals surface area contributed by atoms with E-state index in [-0.39, 0.29) is 7.43 Å². The molecule has 0 unspecified atom stereocenters. The van der Waals surface area contributed by atoms with Crippen LogP contribution < -0.4 is 4.74 Å². The van der Waals surface area contributed by atoms with Crippen molar-refractivity contribution >= 4 is 0 Å². The van der Waals surface area contributed by atoms with Gasteiger partial charge in [0.1, 0.15) is 5.75 Å². The van der Waals surface area contributed by atoms with Crippen molar-refractivity contribution in [2.45, 2.75) is 7.43 Å². The first-order valence-electron chi connectivity index (χ1n) is 4.42. The smallest absolute Gasteiger partial charge is 0.128 e. The van der Waals surface area contributed by atoms with Crippen LogP contribution in [0.25, 0.3) is 11.3 Å². The Morgan fingerprint density at radius 1 is 1.27 bits per heavy atom. The van der Waals surface area contributed by atoms with Gasteiger partial charge in [0, 0.05) is 18.8 Å². The lowest BCUT2D eigenvalue weighted by Gasteiger charge is -2.04. The van der Waals surface area contributed by atoms with E-state index in [1.165, 1.54) is 0 Å². The molecule has 80 valence electrons. The van der Waals surface area contributed by atoms with E-state index in [1.807, 2.05) is 42.1 Å². The number of methoxy groups -OCH3 is 1. The number of hydrogen-bond acceptors (Lipinski definition) is 2. The van der Waals surface area contributed by atoms with Crippen molar-refractivity contribution in [1.29, 1.82) is 0 Å². The molecule has 0 radical (unpaired) electrons. The summed E-state index contributed by atoms with van der Waals surface area (Å²) in [6.07, 6.45) is 3.75. The molecule has 0 atom stereocenters. The lowest BCUT2D eigenvalue weighted by molar-refractivity contribution is 0.416. The summed E-state index contributed by atoms with van der Waals surface area (Å²) in [5.41, 5.74) is 1.96. The number of hydrogen-bond donors (Lipinski definition) is 0. The van der Waals surface area contributed by atoms with Gasteiger partial charge in [-0.2, -0.15) is 0 Å². The Morgan fingerprint density at radius 3 is 2.60 bits per heavy atom. The Kier molecular flexibility index (Phi) is 3.50. The number of imidazole rings is 1. The number of ether oxygens (including phenoxy) is 1. The van der Waals surface area contributed by atoms with Gasteiger partial charge < -0.3 is 9.30 Å². The van der Waals surface area contributed by atoms with Crippen LogP contribution in [0.1, 0.15) is 7.43 Å². The zero-order valence-electron chi connectivity index (χ0n) is 8.27. The van der Waals surface area contributed by atoms with Crippen LogP contribution in [0.2, 0.25) is 0 Å². The van der Waals surface area contributed by atoms with Gasteiger partial charge in [0.15, 0.2) is 0 Å². The summed E-state index contributed by atoms with van der Waals surface area (Å²) in [7, 11) is 3.62. The molecule has 1 aromatic heterocycles. The third kappa shape index (κ3) is 2.18. The van der Waals surface area contributed by atoms with Crippen LogP contribution in [0, 0.1) is 0 Å². The Balaban J connectivity index is 0.00000112. The molecule has 15 heavy (non-hydrogen) atoms. The SMILES string of the molecule is C.COc1ccccc1-c1cn(C)cn1. The standard InChI is InChI=1S/C11H12N2O.CH4/c1-13-7-10(12-8-13)9-5-3-4-6-11(9)14-2;/h3-8H,1-2H3;1H4. The number of rotatable bonds is 2. The molecule has 2 aromatic rings. The Morgan fingerprint density at radius 2 is 2.00 bits per heavy atom. The first kappa shape index (κ1) is 11.3. The molecule has 0 spiro atoms. The maximum absolute atomic E-state index is 5.26. The second-order valence-corrected chi connectivity index (χ2v) is 3.12. The molecule has 0 N–H and O–H groups in total. The average molecular weight is 204 g/mol. The van der Waals surface area contributed by atoms with Gasteiger partial charge in [0.25, 0.3) is 0 Å². The molecule has 0 aliphatic rings. The van der Waals surface area contributed by atoms with Crippen LogP contribution >= 0.6 is 0 Å². The highest BCUT2D eigenvalue weighted by Gasteiger charge is 2.06. The molecule has 1 heterocycles. The summed E-state index contributed by atoms with van der Waals surface area (Å²) in [5.74, 6) is 0.853. The number of aromatic nitrogens is 2. The van der Waals surface area contributed by atoms with Gasteiger partial charge in [-0.25, -0.2) is 4.98 Å². The van der Waals surface area contributed by atoms with Crippen LogP contribution in [-0.4, -0.2) is 16.7 Å². The summed E-state index contributed by atoms with van der Waals surface area (Å²) in [6, 6.07) is 7.86. The zero-order valence-corrected chi connectivity index (χ0v) is 8.27. The molecule has 0 amide bonds. The maximum atomic E-state index is 5.26. The minimum Gasteiger partial charge on any atom is -0.496 e. The molecular formula is C12H16N2O. The van der Waals surface area contributed by atoms with Gasteiger partial charge in [-0.15, -0.1) is 0 Å². The van der Waals surface area contributed by atoms with E-state index in [1.54, 1.807) is 13.4 Å². The highest BCUT2D eigenvalue weighted by molar-refractivity contribution is 5.66. The third-order valence-electron chi connectivity index (χ3n) is 2.09. The normalized spacial score (nSPS) is 9.47. The largest absolute Gasteiger partial charge is 0.496 e. The van der Waals surface area contributed by atoms with E-state index in [0.29, 0.717) is 0 Å². The van der Waals surface area contributed by atoms with Gasteiger partial charge in [-0.1, -0.05) is 19.6 Å². The molecular weight excluding hydrogens is 188 g/mol. The van der Waals surface area contributed by atoms with Crippen LogP contribution in [0.15, 0.2) is 36.8 Å². The highest BCUT2D eigenvalue weighted by atomic mass is 16.5. The van der Waals surface area contributed by atoms with E-state index < -0.39 is 0 Å². The van der Waals surface area contributed by atoms with Crippen molar-refractivity contribution in [2.75, 3.05) is 7.11 Å². The number of para-hydroxylation sites is 1. The van der Waals surface area contributed by atoms with Crippen molar-refractivity contribution in [1.82, 2.24) is 9.55 Å². The quantitative estimate of drug-likeness (QED) is 0.752. The molecule has 0 fully saturated rings. The van der Waals surface area contributed by atoms with Crippen LogP contribution in [0.5, 0.6) is 5.75 Å². The zero-order chi connectivity index (χ0) is 9.97. The first-order valence-corrected chi connectivity index (χ1v) is 4.42. The van der Waals surface area contributed by atoms with Crippen molar-refractivity contribution in [3.05, 3.63) is 36.8 Å². The fourth-order valence-corrected chi connectivity index (χ4v) is 1.41. The van der Waals surface area contributed by atoms with E-state index in [2.05, 4.69) is 4.98 Å². The molecule has 1 aromatic carbocycles. The minimum atomic E-state index is 0. The van der Waals surface area contributed by atoms with Gasteiger partial charge in [-0.05, 0) is 12.1 Å². The molecule has 0 aliphatic heterocycles. The van der Waals surface area contributed by atoms with Crippen molar-refractivity contribution in [2.24, 2.45) is 7.05 Å². The molecule has 3 nitrogen and oxygen atoms in total. The highest BCUT2D eigenvalue weighted by Crippen LogP contribution is 2.27. The van der Waals surface area contributed by atoms with Crippen LogP contribution in [-0.2, 0) is 7.05 Å². The molecule has 0 saturated heterocycles. The van der Waals surface area contributed by atoms with E-state index in [9.17, 15) is 0 Å². The van der Waals surface area contributed by atoms with Crippen molar-refractivity contribution in [3.8, 4) is 17.0 Å². The van der Waals surface area contributed by atoms with Crippen molar-refractivity contribution < 1.29 is 4.74 Å². The minimum absolute atomic E-state index is 0. The molecule has 3 heteroatoms. The lowest BCUT2D eigenvalue weighted by Crippen LogP contribution is -1.87. The van der Waals surface area contributed by atoms with E-state index in [0.717, 1.165) is 17.0 Å². The van der Waals surface area contributed by atoms with Gasteiger partial charge in [0.05, 0.1) is 19.1 Å². The molecule has 0 bridgehead atoms. The van der Waals surface area contributed by atoms with Gasteiger partial charge in [0.2, 0.25) is 0 Å². The second-order valence-electron chi connectivity index (χ2n) is 3.12.